The lowest BCUT2D eigenvalue weighted by molar-refractivity contribution is -0.137. The van der Waals surface area contributed by atoms with E-state index in [4.69, 9.17) is 5.11 Å². The van der Waals surface area contributed by atoms with Gasteiger partial charge in [-0.25, -0.2) is 4.79 Å². The summed E-state index contributed by atoms with van der Waals surface area (Å²) in [7, 11) is 0. The average Bonchev–Trinajstić information content (AvgIpc) is 2.28. The maximum absolute atomic E-state index is 12.6. The fourth-order valence-corrected chi connectivity index (χ4v) is 1.40. The minimum absolute atomic E-state index is 0.0446. The Labute approximate surface area is 110 Å². The van der Waals surface area contributed by atoms with Gasteiger partial charge in [0.2, 0.25) is 0 Å². The molecule has 96 valence electrons. The van der Waals surface area contributed by atoms with Crippen molar-refractivity contribution in [2.45, 2.75) is 12.6 Å². The van der Waals surface area contributed by atoms with Gasteiger partial charge in [0.05, 0.1) is 11.1 Å². The van der Waals surface area contributed by atoms with Crippen LogP contribution in [0.4, 0.5) is 13.2 Å². The molecule has 1 N–H and O–H groups in total. The smallest absolute Gasteiger partial charge is 0.416 e. The molecule has 0 amide bonds. The molecule has 0 aliphatic heterocycles. The fourth-order valence-electron chi connectivity index (χ4n) is 1.20. The number of hydrogen-bond donors (Lipinski definition) is 1. The molecule has 0 spiro atoms. The van der Waals surface area contributed by atoms with Crippen LogP contribution in [0.15, 0.2) is 18.2 Å². The summed E-state index contributed by atoms with van der Waals surface area (Å²) in [5, 5.41) is 9.35. The Bertz CT molecular complexity index is 512. The van der Waals surface area contributed by atoms with Crippen LogP contribution in [-0.2, 0) is 6.18 Å². The topological polar surface area (TPSA) is 37.3 Å². The molecular formula is C12H8BrF3O2. The standard InChI is InChI=1S/C12H8BrF3O2/c13-4-2-1-3-8-5-9(11(17)18)7-10(6-8)12(14,15)16/h5-7H,2,4H2,(H,17,18). The van der Waals surface area contributed by atoms with E-state index >= 15 is 0 Å². The summed E-state index contributed by atoms with van der Waals surface area (Å²) >= 11 is 3.13. The minimum atomic E-state index is -4.59. The summed E-state index contributed by atoms with van der Waals surface area (Å²) in [6.07, 6.45) is -4.12. The quantitative estimate of drug-likeness (QED) is 0.668. The Morgan fingerprint density at radius 3 is 2.50 bits per heavy atom. The summed E-state index contributed by atoms with van der Waals surface area (Å²) in [5.41, 5.74) is -1.39. The molecular weight excluding hydrogens is 313 g/mol. The van der Waals surface area contributed by atoms with Gasteiger partial charge in [-0.15, -0.1) is 0 Å². The van der Waals surface area contributed by atoms with Crippen molar-refractivity contribution in [1.29, 1.82) is 0 Å². The molecule has 0 unspecified atom stereocenters. The van der Waals surface area contributed by atoms with E-state index < -0.39 is 23.3 Å². The molecule has 1 aromatic rings. The first-order chi connectivity index (χ1) is 8.34. The monoisotopic (exact) mass is 320 g/mol. The first kappa shape index (κ1) is 14.6. The highest BCUT2D eigenvalue weighted by atomic mass is 79.9. The second kappa shape index (κ2) is 5.91. The average molecular weight is 321 g/mol. The van der Waals surface area contributed by atoms with Gasteiger partial charge in [-0.3, -0.25) is 0 Å². The predicted octanol–water partition coefficient (Wildman–Crippen LogP) is 3.54. The van der Waals surface area contributed by atoms with E-state index in [1.165, 1.54) is 0 Å². The Balaban J connectivity index is 3.24. The van der Waals surface area contributed by atoms with Gasteiger partial charge in [0.15, 0.2) is 0 Å². The first-order valence-electron chi connectivity index (χ1n) is 4.85. The third-order valence-electron chi connectivity index (χ3n) is 1.96. The van der Waals surface area contributed by atoms with Crippen molar-refractivity contribution in [2.75, 3.05) is 5.33 Å². The van der Waals surface area contributed by atoms with Crippen LogP contribution in [0.3, 0.4) is 0 Å². The number of hydrogen-bond acceptors (Lipinski definition) is 1. The summed E-state index contributed by atoms with van der Waals surface area (Å²) in [6, 6.07) is 2.56. The number of rotatable bonds is 2. The second-order valence-corrected chi connectivity index (χ2v) is 4.14. The first-order valence-corrected chi connectivity index (χ1v) is 5.97. The third kappa shape index (κ3) is 4.08. The maximum Gasteiger partial charge on any atom is 0.416 e. The summed E-state index contributed by atoms with van der Waals surface area (Å²) in [4.78, 5) is 10.7. The maximum atomic E-state index is 12.6. The summed E-state index contributed by atoms with van der Waals surface area (Å²) in [5.74, 6) is 3.74. The predicted molar refractivity (Wildman–Crippen MR) is 63.7 cm³/mol. The van der Waals surface area contributed by atoms with Gasteiger partial charge in [0.1, 0.15) is 0 Å². The molecule has 1 rings (SSSR count). The van der Waals surface area contributed by atoms with E-state index in [-0.39, 0.29) is 5.56 Å². The molecule has 6 heteroatoms. The molecule has 0 radical (unpaired) electrons. The van der Waals surface area contributed by atoms with Crippen molar-refractivity contribution in [1.82, 2.24) is 0 Å². The van der Waals surface area contributed by atoms with Crippen molar-refractivity contribution >= 4 is 21.9 Å². The van der Waals surface area contributed by atoms with Crippen LogP contribution in [0.2, 0.25) is 0 Å². The van der Waals surface area contributed by atoms with Crippen molar-refractivity contribution < 1.29 is 23.1 Å². The van der Waals surface area contributed by atoms with Crippen molar-refractivity contribution in [3.63, 3.8) is 0 Å². The molecule has 0 aliphatic rings. The zero-order valence-electron chi connectivity index (χ0n) is 9.01. The molecule has 18 heavy (non-hydrogen) atoms. The molecule has 0 saturated carbocycles. The second-order valence-electron chi connectivity index (χ2n) is 3.34. The Morgan fingerprint density at radius 2 is 2.00 bits per heavy atom. The van der Waals surface area contributed by atoms with Crippen LogP contribution in [0.5, 0.6) is 0 Å². The SMILES string of the molecule is O=C(O)c1cc(C#CCCBr)cc(C(F)(F)F)c1. The van der Waals surface area contributed by atoms with E-state index in [2.05, 4.69) is 27.8 Å². The Hall–Kier alpha value is -1.48. The third-order valence-corrected chi connectivity index (χ3v) is 2.36. The Morgan fingerprint density at radius 1 is 1.33 bits per heavy atom. The number of carboxylic acids is 1. The van der Waals surface area contributed by atoms with Gasteiger partial charge in [-0.2, -0.15) is 13.2 Å². The molecule has 0 heterocycles. The van der Waals surface area contributed by atoms with Crippen molar-refractivity contribution in [3.8, 4) is 11.8 Å². The van der Waals surface area contributed by atoms with Gasteiger partial charge in [0, 0.05) is 17.3 Å². The number of carboxylic acid groups (broad SMARTS) is 1. The van der Waals surface area contributed by atoms with Gasteiger partial charge >= 0.3 is 12.1 Å². The highest BCUT2D eigenvalue weighted by molar-refractivity contribution is 9.09. The molecule has 0 saturated heterocycles. The lowest BCUT2D eigenvalue weighted by Crippen LogP contribution is -2.08. The normalized spacial score (nSPS) is 10.7. The van der Waals surface area contributed by atoms with Crippen molar-refractivity contribution in [2.24, 2.45) is 0 Å². The van der Waals surface area contributed by atoms with Crippen LogP contribution in [0.1, 0.15) is 27.9 Å². The highest BCUT2D eigenvalue weighted by Crippen LogP contribution is 2.30. The van der Waals surface area contributed by atoms with Crippen LogP contribution in [0.25, 0.3) is 0 Å². The minimum Gasteiger partial charge on any atom is -0.478 e. The van der Waals surface area contributed by atoms with Crippen molar-refractivity contribution in [3.05, 3.63) is 34.9 Å². The Kier molecular flexibility index (Phi) is 4.79. The van der Waals surface area contributed by atoms with Gasteiger partial charge < -0.3 is 5.11 Å². The van der Waals surface area contributed by atoms with E-state index in [0.717, 1.165) is 12.1 Å². The van der Waals surface area contributed by atoms with E-state index in [9.17, 15) is 18.0 Å². The van der Waals surface area contributed by atoms with Gasteiger partial charge in [-0.1, -0.05) is 27.8 Å². The number of alkyl halides is 4. The largest absolute Gasteiger partial charge is 0.478 e. The van der Waals surface area contributed by atoms with Crippen LogP contribution >= 0.6 is 15.9 Å². The van der Waals surface area contributed by atoms with E-state index in [1.54, 1.807) is 0 Å². The van der Waals surface area contributed by atoms with Crippen LogP contribution < -0.4 is 0 Å². The number of carbonyl (C=O) groups is 1. The molecule has 0 bridgehead atoms. The molecule has 1 aromatic carbocycles. The van der Waals surface area contributed by atoms with E-state index in [0.29, 0.717) is 17.8 Å². The molecule has 0 atom stereocenters. The number of aromatic carboxylic acids is 1. The highest BCUT2D eigenvalue weighted by Gasteiger charge is 2.31. The van der Waals surface area contributed by atoms with Crippen LogP contribution in [-0.4, -0.2) is 16.4 Å². The molecule has 0 aliphatic carbocycles. The van der Waals surface area contributed by atoms with Gasteiger partial charge in [0.25, 0.3) is 0 Å². The lowest BCUT2D eigenvalue weighted by Gasteiger charge is -2.08. The van der Waals surface area contributed by atoms with Crippen LogP contribution in [0, 0.1) is 11.8 Å². The van der Waals surface area contributed by atoms with E-state index in [1.807, 2.05) is 0 Å². The zero-order chi connectivity index (χ0) is 13.8. The molecule has 0 aromatic heterocycles. The fraction of sp³-hybridized carbons (Fsp3) is 0.250. The lowest BCUT2D eigenvalue weighted by atomic mass is 10.1. The zero-order valence-corrected chi connectivity index (χ0v) is 10.6. The summed E-state index contributed by atoms with van der Waals surface area (Å²) < 4.78 is 37.7. The number of halogens is 4. The molecule has 0 fully saturated rings. The molecule has 2 nitrogen and oxygen atoms in total. The summed E-state index contributed by atoms with van der Waals surface area (Å²) in [6.45, 7) is 0. The van der Waals surface area contributed by atoms with Gasteiger partial charge in [-0.05, 0) is 18.2 Å². The number of benzene rings is 1.